The van der Waals surface area contributed by atoms with Crippen molar-refractivity contribution in [1.29, 1.82) is 0 Å². The van der Waals surface area contributed by atoms with E-state index in [4.69, 9.17) is 4.98 Å². The van der Waals surface area contributed by atoms with Crippen LogP contribution in [0.15, 0.2) is 55.2 Å². The Morgan fingerprint density at radius 1 is 0.933 bits per heavy atom. The molecule has 0 N–H and O–H groups in total. The number of likely N-dealkylation sites (tertiary alicyclic amines) is 1. The minimum absolute atomic E-state index is 0.218. The van der Waals surface area contributed by atoms with E-state index >= 15 is 0 Å². The second-order valence-corrected chi connectivity index (χ2v) is 8.78. The van der Waals surface area contributed by atoms with Gasteiger partial charge in [-0.15, -0.1) is 0 Å². The first-order valence-electron chi connectivity index (χ1n) is 10.4. The largest absolute Gasteiger partial charge is 0.342 e. The number of carbonyl (C=O) groups is 1. The number of rotatable bonds is 3. The Kier molecular flexibility index (Phi) is 5.57. The normalized spacial score (nSPS) is 15.2. The van der Waals surface area contributed by atoms with E-state index in [0.717, 1.165) is 48.3 Å². The van der Waals surface area contributed by atoms with Crippen LogP contribution >= 0.6 is 0 Å². The van der Waals surface area contributed by atoms with Crippen molar-refractivity contribution in [2.45, 2.75) is 39.5 Å². The molecule has 1 saturated heterocycles. The zero-order chi connectivity index (χ0) is 21.1. The molecule has 0 aromatic carbocycles. The second-order valence-electron chi connectivity index (χ2n) is 8.78. The molecule has 6 nitrogen and oxygen atoms in total. The van der Waals surface area contributed by atoms with Gasteiger partial charge in [0.05, 0.1) is 5.69 Å². The molecule has 6 heteroatoms. The van der Waals surface area contributed by atoms with Gasteiger partial charge < -0.3 is 4.90 Å². The van der Waals surface area contributed by atoms with Crippen LogP contribution in [0.5, 0.6) is 0 Å². The predicted octanol–water partition coefficient (Wildman–Crippen LogP) is 4.35. The Bertz CT molecular complexity index is 1010. The molecule has 4 rings (SSSR count). The third kappa shape index (κ3) is 4.22. The van der Waals surface area contributed by atoms with Crippen LogP contribution in [0, 0.1) is 5.41 Å². The number of aromatic nitrogens is 4. The van der Waals surface area contributed by atoms with Gasteiger partial charge in [-0.2, -0.15) is 0 Å². The SMILES string of the molecule is CC(C)(C)C(=O)N1CCC(c2nc(-c3ccncc3)ncc2-c2ccncc2)CC1. The summed E-state index contributed by atoms with van der Waals surface area (Å²) in [6.07, 6.45) is 10.8. The summed E-state index contributed by atoms with van der Waals surface area (Å²) in [7, 11) is 0. The highest BCUT2D eigenvalue weighted by Crippen LogP contribution is 2.35. The molecule has 154 valence electrons. The molecule has 0 spiro atoms. The Morgan fingerprint density at radius 2 is 1.50 bits per heavy atom. The molecular formula is C24H27N5O. The van der Waals surface area contributed by atoms with Crippen LogP contribution in [-0.2, 0) is 4.79 Å². The van der Waals surface area contributed by atoms with E-state index < -0.39 is 0 Å². The van der Waals surface area contributed by atoms with E-state index in [1.54, 1.807) is 24.8 Å². The van der Waals surface area contributed by atoms with Crippen molar-refractivity contribution < 1.29 is 4.79 Å². The highest BCUT2D eigenvalue weighted by Gasteiger charge is 2.32. The van der Waals surface area contributed by atoms with E-state index in [2.05, 4.69) is 15.0 Å². The molecular weight excluding hydrogens is 374 g/mol. The number of pyridine rings is 2. The molecule has 4 heterocycles. The average Bonchev–Trinajstić information content (AvgIpc) is 2.79. The molecule has 0 bridgehead atoms. The van der Waals surface area contributed by atoms with Crippen LogP contribution in [0.4, 0.5) is 0 Å². The van der Waals surface area contributed by atoms with Gasteiger partial charge >= 0.3 is 0 Å². The number of nitrogens with zero attached hydrogens (tertiary/aromatic N) is 5. The molecule has 0 atom stereocenters. The molecule has 1 amide bonds. The lowest BCUT2D eigenvalue weighted by molar-refractivity contribution is -0.140. The van der Waals surface area contributed by atoms with Gasteiger partial charge in [0.25, 0.3) is 0 Å². The van der Waals surface area contributed by atoms with E-state index in [1.807, 2.05) is 56.1 Å². The first-order valence-corrected chi connectivity index (χ1v) is 10.4. The van der Waals surface area contributed by atoms with Crippen LogP contribution in [0.2, 0.25) is 0 Å². The van der Waals surface area contributed by atoms with Crippen LogP contribution in [0.25, 0.3) is 22.5 Å². The molecule has 1 fully saturated rings. The maximum absolute atomic E-state index is 12.7. The van der Waals surface area contributed by atoms with Gasteiger partial charge in [0.1, 0.15) is 0 Å². The summed E-state index contributed by atoms with van der Waals surface area (Å²) < 4.78 is 0. The summed E-state index contributed by atoms with van der Waals surface area (Å²) in [6.45, 7) is 7.45. The van der Waals surface area contributed by atoms with Crippen molar-refractivity contribution in [2.75, 3.05) is 13.1 Å². The monoisotopic (exact) mass is 401 g/mol. The molecule has 0 radical (unpaired) electrons. The van der Waals surface area contributed by atoms with E-state index in [0.29, 0.717) is 5.82 Å². The molecule has 1 aliphatic heterocycles. The van der Waals surface area contributed by atoms with Crippen LogP contribution in [-0.4, -0.2) is 43.8 Å². The maximum Gasteiger partial charge on any atom is 0.227 e. The quantitative estimate of drug-likeness (QED) is 0.652. The number of hydrogen-bond donors (Lipinski definition) is 0. The average molecular weight is 402 g/mol. The Balaban J connectivity index is 1.66. The lowest BCUT2D eigenvalue weighted by Crippen LogP contribution is -2.43. The molecule has 0 aliphatic carbocycles. The topological polar surface area (TPSA) is 71.9 Å². The zero-order valence-corrected chi connectivity index (χ0v) is 17.7. The molecule has 0 saturated carbocycles. The number of amides is 1. The second kappa shape index (κ2) is 8.30. The van der Waals surface area contributed by atoms with Crippen LogP contribution in [0.1, 0.15) is 45.2 Å². The zero-order valence-electron chi connectivity index (χ0n) is 17.7. The molecule has 3 aromatic heterocycles. The summed E-state index contributed by atoms with van der Waals surface area (Å²) >= 11 is 0. The van der Waals surface area contributed by atoms with Crippen molar-refractivity contribution in [3.05, 3.63) is 60.9 Å². The highest BCUT2D eigenvalue weighted by molar-refractivity contribution is 5.81. The summed E-state index contributed by atoms with van der Waals surface area (Å²) in [4.78, 5) is 32.5. The van der Waals surface area contributed by atoms with Crippen molar-refractivity contribution in [3.63, 3.8) is 0 Å². The third-order valence-electron chi connectivity index (χ3n) is 5.56. The maximum atomic E-state index is 12.7. The van der Waals surface area contributed by atoms with Crippen molar-refractivity contribution >= 4 is 5.91 Å². The highest BCUT2D eigenvalue weighted by atomic mass is 16.2. The lowest BCUT2D eigenvalue weighted by Gasteiger charge is -2.36. The van der Waals surface area contributed by atoms with Gasteiger partial charge in [0.15, 0.2) is 5.82 Å². The Morgan fingerprint density at radius 3 is 2.07 bits per heavy atom. The van der Waals surface area contributed by atoms with Gasteiger partial charge in [-0.05, 0) is 42.7 Å². The van der Waals surface area contributed by atoms with Crippen LogP contribution < -0.4 is 0 Å². The van der Waals surface area contributed by atoms with Crippen LogP contribution in [0.3, 0.4) is 0 Å². The summed E-state index contributed by atoms with van der Waals surface area (Å²) in [5, 5.41) is 0. The fraction of sp³-hybridized carbons (Fsp3) is 0.375. The molecule has 3 aromatic rings. The molecule has 1 aliphatic rings. The summed E-state index contributed by atoms with van der Waals surface area (Å²) in [5.41, 5.74) is 3.75. The third-order valence-corrected chi connectivity index (χ3v) is 5.56. The summed E-state index contributed by atoms with van der Waals surface area (Å²) in [6, 6.07) is 7.84. The van der Waals surface area contributed by atoms with Gasteiger partial charge in [-0.25, -0.2) is 9.97 Å². The molecule has 30 heavy (non-hydrogen) atoms. The van der Waals surface area contributed by atoms with Gasteiger partial charge in [0.2, 0.25) is 5.91 Å². The molecule has 0 unspecified atom stereocenters. The van der Waals surface area contributed by atoms with Gasteiger partial charge in [-0.1, -0.05) is 20.8 Å². The Labute approximate surface area is 177 Å². The smallest absolute Gasteiger partial charge is 0.227 e. The Hall–Kier alpha value is -3.15. The van der Waals surface area contributed by atoms with Crippen molar-refractivity contribution in [1.82, 2.24) is 24.8 Å². The van der Waals surface area contributed by atoms with E-state index in [1.165, 1.54) is 0 Å². The number of hydrogen-bond acceptors (Lipinski definition) is 5. The summed E-state index contributed by atoms with van der Waals surface area (Å²) in [5.74, 6) is 1.20. The first kappa shape index (κ1) is 20.1. The van der Waals surface area contributed by atoms with Gasteiger partial charge in [-0.3, -0.25) is 14.8 Å². The number of piperidine rings is 1. The fourth-order valence-electron chi connectivity index (χ4n) is 3.93. The minimum Gasteiger partial charge on any atom is -0.342 e. The van der Waals surface area contributed by atoms with Gasteiger partial charge in [0, 0.05) is 66.5 Å². The minimum atomic E-state index is -0.349. The van der Waals surface area contributed by atoms with E-state index in [-0.39, 0.29) is 17.2 Å². The van der Waals surface area contributed by atoms with E-state index in [9.17, 15) is 4.79 Å². The van der Waals surface area contributed by atoms with Crippen molar-refractivity contribution in [3.8, 4) is 22.5 Å². The van der Waals surface area contributed by atoms with Crippen molar-refractivity contribution in [2.24, 2.45) is 5.41 Å². The lowest BCUT2D eigenvalue weighted by atomic mass is 9.87. The predicted molar refractivity (Wildman–Crippen MR) is 117 cm³/mol. The number of carbonyl (C=O) groups excluding carboxylic acids is 1. The first-order chi connectivity index (χ1) is 14.4. The fourth-order valence-corrected chi connectivity index (χ4v) is 3.93. The standard InChI is InChI=1S/C24H27N5O/c1-24(2,3)23(30)29-14-8-18(9-15-29)21-20(17-4-10-25-11-5-17)16-27-22(28-21)19-6-12-26-13-7-19/h4-7,10-13,16,18H,8-9,14-15H2,1-3H3.